The molecule has 0 spiro atoms. The minimum Gasteiger partial charge on any atom is -0.407 e. The number of carbonyl (C=O) groups excluding carboxylic acids is 1. The topological polar surface area (TPSA) is 86.4 Å². The van der Waals surface area contributed by atoms with Gasteiger partial charge < -0.3 is 4.42 Å². The Labute approximate surface area is 190 Å². The monoisotopic (exact) mass is 467 g/mol. The Morgan fingerprint density at radius 2 is 1.58 bits per heavy atom. The number of fused-ring (bicyclic) bond motifs is 1. The number of hydrogen-bond acceptors (Lipinski definition) is 5. The lowest BCUT2D eigenvalue weighted by atomic mass is 10.1. The molecule has 4 rings (SSSR count). The molecule has 6 nitrogen and oxygen atoms in total. The number of sulfone groups is 1. The van der Waals surface area contributed by atoms with Crippen LogP contribution in [0.2, 0.25) is 0 Å². The van der Waals surface area contributed by atoms with Crippen LogP contribution in [0.4, 0.5) is 4.39 Å². The molecule has 1 heterocycles. The van der Waals surface area contributed by atoms with Crippen LogP contribution < -0.4 is 5.76 Å². The van der Waals surface area contributed by atoms with Crippen molar-refractivity contribution >= 4 is 26.8 Å². The van der Waals surface area contributed by atoms with Crippen LogP contribution in [0.5, 0.6) is 0 Å². The maximum Gasteiger partial charge on any atom is 0.426 e. The van der Waals surface area contributed by atoms with Crippen LogP contribution in [-0.2, 0) is 9.84 Å². The van der Waals surface area contributed by atoms with Crippen molar-refractivity contribution in [2.45, 2.75) is 30.6 Å². The maximum atomic E-state index is 13.2. The number of unbranched alkanes of at least 4 members (excludes halogenated alkanes) is 2. The number of aromatic nitrogens is 1. The molecule has 3 aromatic carbocycles. The van der Waals surface area contributed by atoms with Crippen molar-refractivity contribution in [3.8, 4) is 11.1 Å². The Balaban J connectivity index is 1.41. The highest BCUT2D eigenvalue weighted by molar-refractivity contribution is 7.91. The summed E-state index contributed by atoms with van der Waals surface area (Å²) in [6, 6.07) is 19.2. The van der Waals surface area contributed by atoms with Gasteiger partial charge in [0.05, 0.1) is 16.2 Å². The normalized spacial score (nSPS) is 11.7. The summed E-state index contributed by atoms with van der Waals surface area (Å²) in [5.41, 5.74) is 2.09. The number of rotatable bonds is 8. The molecule has 0 N–H and O–H groups in total. The summed E-state index contributed by atoms with van der Waals surface area (Å²) in [4.78, 5) is 25.3. The van der Waals surface area contributed by atoms with Crippen LogP contribution in [-0.4, -0.2) is 24.6 Å². The van der Waals surface area contributed by atoms with Crippen molar-refractivity contribution < 1.29 is 22.0 Å². The van der Waals surface area contributed by atoms with Gasteiger partial charge in [0, 0.05) is 6.42 Å². The highest BCUT2D eigenvalue weighted by Gasteiger charge is 2.17. The van der Waals surface area contributed by atoms with Crippen molar-refractivity contribution in [1.29, 1.82) is 0 Å². The predicted octanol–water partition coefficient (Wildman–Crippen LogP) is 5.08. The molecular formula is C25H22FNO5S. The molecule has 0 aliphatic heterocycles. The first-order valence-corrected chi connectivity index (χ1v) is 12.2. The van der Waals surface area contributed by atoms with Gasteiger partial charge in [-0.25, -0.2) is 22.2 Å². The van der Waals surface area contributed by atoms with Crippen molar-refractivity contribution in [3.05, 3.63) is 89.2 Å². The Morgan fingerprint density at radius 3 is 2.30 bits per heavy atom. The first-order chi connectivity index (χ1) is 15.8. The van der Waals surface area contributed by atoms with Crippen LogP contribution in [0.15, 0.2) is 86.9 Å². The third-order valence-electron chi connectivity index (χ3n) is 5.41. The van der Waals surface area contributed by atoms with Crippen molar-refractivity contribution in [1.82, 2.24) is 4.57 Å². The Kier molecular flexibility index (Phi) is 6.55. The van der Waals surface area contributed by atoms with Crippen molar-refractivity contribution in [2.75, 3.05) is 5.75 Å². The fourth-order valence-electron chi connectivity index (χ4n) is 3.68. The summed E-state index contributed by atoms with van der Waals surface area (Å²) in [6.07, 6.45) is 1.48. The molecule has 4 aromatic rings. The predicted molar refractivity (Wildman–Crippen MR) is 123 cm³/mol. The quantitative estimate of drug-likeness (QED) is 0.338. The number of halogens is 1. The van der Waals surface area contributed by atoms with E-state index in [1.165, 1.54) is 12.1 Å². The molecule has 0 amide bonds. The molecule has 0 aliphatic rings. The third kappa shape index (κ3) is 5.12. The fraction of sp³-hybridized carbons (Fsp3) is 0.200. The molecule has 8 heteroatoms. The lowest BCUT2D eigenvalue weighted by molar-refractivity contribution is 0.0895. The Hall–Kier alpha value is -3.52. The average Bonchev–Trinajstić information content (AvgIpc) is 3.14. The molecule has 0 saturated carbocycles. The number of oxazole rings is 1. The van der Waals surface area contributed by atoms with Gasteiger partial charge in [-0.05, 0) is 60.4 Å². The number of nitrogens with zero attached hydrogens (tertiary/aromatic N) is 1. The van der Waals surface area contributed by atoms with Crippen LogP contribution in [0.3, 0.4) is 0 Å². The number of benzene rings is 3. The molecule has 0 saturated heterocycles. The third-order valence-corrected chi connectivity index (χ3v) is 7.23. The van der Waals surface area contributed by atoms with Crippen LogP contribution in [0.25, 0.3) is 22.2 Å². The van der Waals surface area contributed by atoms with E-state index in [4.69, 9.17) is 4.42 Å². The second-order valence-corrected chi connectivity index (χ2v) is 9.84. The standard InChI is InChI=1S/C25H22FNO5S/c26-20-13-10-18(11-14-20)19-12-15-23-22(17-19)27(25(29)32-23)24(28)9-5-2-6-16-33(30,31)21-7-3-1-4-8-21/h1,3-4,7-8,10-15,17H,2,5-6,9,16H2. The number of hydrogen-bond donors (Lipinski definition) is 0. The lowest BCUT2D eigenvalue weighted by Crippen LogP contribution is -2.22. The molecule has 0 atom stereocenters. The lowest BCUT2D eigenvalue weighted by Gasteiger charge is -2.05. The molecule has 0 aliphatic carbocycles. The van der Waals surface area contributed by atoms with E-state index in [0.717, 1.165) is 15.7 Å². The van der Waals surface area contributed by atoms with Gasteiger partial charge in [-0.1, -0.05) is 42.8 Å². The summed E-state index contributed by atoms with van der Waals surface area (Å²) in [7, 11) is -3.35. The smallest absolute Gasteiger partial charge is 0.407 e. The highest BCUT2D eigenvalue weighted by Crippen LogP contribution is 2.25. The van der Waals surface area contributed by atoms with E-state index in [2.05, 4.69) is 0 Å². The van der Waals surface area contributed by atoms with E-state index < -0.39 is 21.5 Å². The zero-order chi connectivity index (χ0) is 23.4. The molecule has 0 fully saturated rings. The van der Waals surface area contributed by atoms with Crippen molar-refractivity contribution in [2.24, 2.45) is 0 Å². The maximum absolute atomic E-state index is 13.2. The molecule has 0 unspecified atom stereocenters. The zero-order valence-corrected chi connectivity index (χ0v) is 18.6. The molecule has 1 aromatic heterocycles. The van der Waals surface area contributed by atoms with Gasteiger partial charge in [-0.2, -0.15) is 0 Å². The SMILES string of the molecule is O=C(CCCCCS(=O)(=O)c1ccccc1)n1c(=O)oc2ccc(-c3ccc(F)cc3)cc21. The van der Waals surface area contributed by atoms with E-state index in [-0.39, 0.29) is 28.5 Å². The zero-order valence-electron chi connectivity index (χ0n) is 17.7. The van der Waals surface area contributed by atoms with Gasteiger partial charge in [0.25, 0.3) is 0 Å². The minimum atomic E-state index is -3.35. The summed E-state index contributed by atoms with van der Waals surface area (Å²) in [5.74, 6) is -1.54. The van der Waals surface area contributed by atoms with E-state index in [9.17, 15) is 22.4 Å². The van der Waals surface area contributed by atoms with Gasteiger partial charge in [-0.3, -0.25) is 4.79 Å². The molecule has 0 bridgehead atoms. The van der Waals surface area contributed by atoms with E-state index in [0.29, 0.717) is 24.8 Å². The molecular weight excluding hydrogens is 445 g/mol. The van der Waals surface area contributed by atoms with E-state index in [1.54, 1.807) is 60.7 Å². The first kappa shape index (κ1) is 22.7. The van der Waals surface area contributed by atoms with Crippen molar-refractivity contribution in [3.63, 3.8) is 0 Å². The van der Waals surface area contributed by atoms with Crippen LogP contribution >= 0.6 is 0 Å². The summed E-state index contributed by atoms with van der Waals surface area (Å²) >= 11 is 0. The van der Waals surface area contributed by atoms with Gasteiger partial charge in [0.15, 0.2) is 15.4 Å². The van der Waals surface area contributed by atoms with Gasteiger partial charge in [-0.15, -0.1) is 0 Å². The Morgan fingerprint density at radius 1 is 0.879 bits per heavy atom. The van der Waals surface area contributed by atoms with E-state index >= 15 is 0 Å². The van der Waals surface area contributed by atoms with Gasteiger partial charge >= 0.3 is 5.76 Å². The minimum absolute atomic E-state index is 0.000817. The largest absolute Gasteiger partial charge is 0.426 e. The molecule has 33 heavy (non-hydrogen) atoms. The number of carbonyl (C=O) groups is 1. The van der Waals surface area contributed by atoms with Crippen LogP contribution in [0.1, 0.15) is 30.5 Å². The fourth-order valence-corrected chi connectivity index (χ4v) is 5.07. The highest BCUT2D eigenvalue weighted by atomic mass is 32.2. The molecule has 170 valence electrons. The van der Waals surface area contributed by atoms with Crippen LogP contribution in [0, 0.1) is 5.82 Å². The second-order valence-electron chi connectivity index (χ2n) is 7.73. The second kappa shape index (κ2) is 9.54. The molecule has 0 radical (unpaired) electrons. The van der Waals surface area contributed by atoms with E-state index in [1.807, 2.05) is 0 Å². The first-order valence-electron chi connectivity index (χ1n) is 10.6. The van der Waals surface area contributed by atoms with Gasteiger partial charge in [0.2, 0.25) is 5.91 Å². The summed E-state index contributed by atoms with van der Waals surface area (Å²) < 4.78 is 44.1. The summed E-state index contributed by atoms with van der Waals surface area (Å²) in [6.45, 7) is 0. The summed E-state index contributed by atoms with van der Waals surface area (Å²) in [5, 5.41) is 0. The average molecular weight is 468 g/mol. The Bertz CT molecular complexity index is 1440. The van der Waals surface area contributed by atoms with Gasteiger partial charge in [0.1, 0.15) is 5.82 Å².